The molecule has 178 valence electrons. The number of rotatable bonds is 5. The van der Waals surface area contributed by atoms with Crippen molar-refractivity contribution >= 4 is 17.4 Å². The Labute approximate surface area is 206 Å². The van der Waals surface area contributed by atoms with Gasteiger partial charge in [0.1, 0.15) is 5.75 Å². The highest BCUT2D eigenvalue weighted by molar-refractivity contribution is 5.90. The SMILES string of the molecule is CCOc1ccc(NC(=O)N2Cc3ccccc3-n3cccc3[C@@H]2c2ccc(N(C)C)cc2)cc1. The van der Waals surface area contributed by atoms with Crippen LogP contribution in [0.25, 0.3) is 5.69 Å². The number of ether oxygens (including phenoxy) is 1. The lowest BCUT2D eigenvalue weighted by Crippen LogP contribution is -2.37. The minimum Gasteiger partial charge on any atom is -0.494 e. The third-order valence-corrected chi connectivity index (χ3v) is 6.37. The summed E-state index contributed by atoms with van der Waals surface area (Å²) in [7, 11) is 4.05. The van der Waals surface area contributed by atoms with Crippen molar-refractivity contribution in [3.05, 3.63) is 108 Å². The highest BCUT2D eigenvalue weighted by Gasteiger charge is 2.33. The molecule has 0 radical (unpaired) electrons. The fourth-order valence-electron chi connectivity index (χ4n) is 4.64. The van der Waals surface area contributed by atoms with Crippen molar-refractivity contribution in [1.29, 1.82) is 0 Å². The predicted molar refractivity (Wildman–Crippen MR) is 141 cm³/mol. The summed E-state index contributed by atoms with van der Waals surface area (Å²) in [5.74, 6) is 0.783. The third-order valence-electron chi connectivity index (χ3n) is 6.37. The topological polar surface area (TPSA) is 49.7 Å². The molecular weight excluding hydrogens is 436 g/mol. The molecule has 6 heteroatoms. The molecule has 2 amide bonds. The van der Waals surface area contributed by atoms with Crippen LogP contribution >= 0.6 is 0 Å². The molecule has 1 aromatic heterocycles. The van der Waals surface area contributed by atoms with Gasteiger partial charge in [-0.3, -0.25) is 0 Å². The number of aromatic nitrogens is 1. The lowest BCUT2D eigenvalue weighted by Gasteiger charge is -2.31. The maximum absolute atomic E-state index is 13.8. The van der Waals surface area contributed by atoms with E-state index in [1.807, 2.05) is 68.4 Å². The molecule has 0 fully saturated rings. The van der Waals surface area contributed by atoms with E-state index >= 15 is 0 Å². The zero-order valence-electron chi connectivity index (χ0n) is 20.3. The summed E-state index contributed by atoms with van der Waals surface area (Å²) in [6.07, 6.45) is 2.07. The molecule has 1 N–H and O–H groups in total. The van der Waals surface area contributed by atoms with E-state index in [0.29, 0.717) is 13.2 Å². The molecule has 6 nitrogen and oxygen atoms in total. The van der Waals surface area contributed by atoms with Gasteiger partial charge in [0.2, 0.25) is 0 Å². The Morgan fingerprint density at radius 3 is 2.43 bits per heavy atom. The quantitative estimate of drug-likeness (QED) is 0.388. The van der Waals surface area contributed by atoms with Gasteiger partial charge in [0, 0.05) is 37.4 Å². The highest BCUT2D eigenvalue weighted by Crippen LogP contribution is 2.37. The lowest BCUT2D eigenvalue weighted by molar-refractivity contribution is 0.194. The number of fused-ring (bicyclic) bond motifs is 3. The smallest absolute Gasteiger partial charge is 0.322 e. The van der Waals surface area contributed by atoms with E-state index < -0.39 is 0 Å². The number of hydrogen-bond acceptors (Lipinski definition) is 3. The molecule has 0 bridgehead atoms. The van der Waals surface area contributed by atoms with Crippen molar-refractivity contribution in [2.24, 2.45) is 0 Å². The highest BCUT2D eigenvalue weighted by atomic mass is 16.5. The van der Waals surface area contributed by atoms with Crippen LogP contribution < -0.4 is 15.0 Å². The zero-order valence-corrected chi connectivity index (χ0v) is 20.3. The molecule has 0 spiro atoms. The van der Waals surface area contributed by atoms with Crippen molar-refractivity contribution in [1.82, 2.24) is 9.47 Å². The van der Waals surface area contributed by atoms with Crippen LogP contribution in [0.5, 0.6) is 5.75 Å². The molecule has 5 rings (SSSR count). The van der Waals surface area contributed by atoms with Gasteiger partial charge in [0.05, 0.1) is 24.9 Å². The Balaban J connectivity index is 1.55. The Bertz CT molecular complexity index is 1310. The number of hydrogen-bond donors (Lipinski definition) is 1. The molecular formula is C29H30N4O2. The van der Waals surface area contributed by atoms with Crippen molar-refractivity contribution in [2.45, 2.75) is 19.5 Å². The molecule has 0 unspecified atom stereocenters. The number of anilines is 2. The summed E-state index contributed by atoms with van der Waals surface area (Å²) in [4.78, 5) is 17.8. The Hall–Kier alpha value is -4.19. The first kappa shape index (κ1) is 22.6. The van der Waals surface area contributed by atoms with E-state index in [-0.39, 0.29) is 12.1 Å². The van der Waals surface area contributed by atoms with Crippen LogP contribution in [-0.2, 0) is 6.54 Å². The van der Waals surface area contributed by atoms with Gasteiger partial charge in [-0.05, 0) is 72.6 Å². The van der Waals surface area contributed by atoms with Crippen molar-refractivity contribution in [3.8, 4) is 11.4 Å². The van der Waals surface area contributed by atoms with Crippen LogP contribution in [0.2, 0.25) is 0 Å². The maximum Gasteiger partial charge on any atom is 0.322 e. The number of nitrogens with one attached hydrogen (secondary N) is 1. The van der Waals surface area contributed by atoms with Gasteiger partial charge in [0.15, 0.2) is 0 Å². The monoisotopic (exact) mass is 466 g/mol. The molecule has 0 saturated carbocycles. The molecule has 4 aromatic rings. The van der Waals surface area contributed by atoms with Crippen LogP contribution in [0.3, 0.4) is 0 Å². The standard InChI is InChI=1S/C29H30N4O2/c1-4-35-25-17-13-23(14-18-25)30-29(34)33-20-22-8-5-6-9-26(22)32-19-7-10-27(32)28(33)21-11-15-24(16-12-21)31(2)3/h5-19,28H,4,20H2,1-3H3,(H,30,34)/t28-/m0/s1. The summed E-state index contributed by atoms with van der Waals surface area (Å²) < 4.78 is 7.74. The fourth-order valence-corrected chi connectivity index (χ4v) is 4.64. The molecule has 35 heavy (non-hydrogen) atoms. The third kappa shape index (κ3) is 4.47. The van der Waals surface area contributed by atoms with E-state index in [1.54, 1.807) is 0 Å². The Morgan fingerprint density at radius 2 is 1.71 bits per heavy atom. The van der Waals surface area contributed by atoms with E-state index in [9.17, 15) is 4.79 Å². The fraction of sp³-hybridized carbons (Fsp3) is 0.207. The summed E-state index contributed by atoms with van der Waals surface area (Å²) >= 11 is 0. The number of carbonyl (C=O) groups excluding carboxylic acids is 1. The van der Waals surface area contributed by atoms with Gasteiger partial charge in [-0.25, -0.2) is 4.79 Å². The molecule has 3 aromatic carbocycles. The van der Waals surface area contributed by atoms with Crippen molar-refractivity contribution in [2.75, 3.05) is 30.9 Å². The van der Waals surface area contributed by atoms with Crippen molar-refractivity contribution in [3.63, 3.8) is 0 Å². The summed E-state index contributed by atoms with van der Waals surface area (Å²) in [5.41, 5.74) is 6.15. The van der Waals surface area contributed by atoms with E-state index in [0.717, 1.165) is 39.6 Å². The maximum atomic E-state index is 13.8. The summed E-state index contributed by atoms with van der Waals surface area (Å²) in [6, 6.07) is 27.9. The van der Waals surface area contributed by atoms with E-state index in [2.05, 4.69) is 63.4 Å². The minimum absolute atomic E-state index is 0.153. The summed E-state index contributed by atoms with van der Waals surface area (Å²) in [6.45, 7) is 3.04. The molecule has 2 heterocycles. The Kier molecular flexibility index (Phi) is 6.19. The van der Waals surface area contributed by atoms with E-state index in [4.69, 9.17) is 4.74 Å². The average molecular weight is 467 g/mol. The lowest BCUT2D eigenvalue weighted by atomic mass is 10.0. The zero-order chi connectivity index (χ0) is 24.4. The van der Waals surface area contributed by atoms with E-state index in [1.165, 1.54) is 0 Å². The largest absolute Gasteiger partial charge is 0.494 e. The average Bonchev–Trinajstić information content (AvgIpc) is 3.30. The second kappa shape index (κ2) is 9.58. The van der Waals surface area contributed by atoms with Gasteiger partial charge in [-0.2, -0.15) is 0 Å². The molecule has 1 aliphatic rings. The number of amides is 2. The van der Waals surface area contributed by atoms with Gasteiger partial charge >= 0.3 is 6.03 Å². The first-order valence-electron chi connectivity index (χ1n) is 11.9. The van der Waals surface area contributed by atoms with Crippen molar-refractivity contribution < 1.29 is 9.53 Å². The van der Waals surface area contributed by atoms with Crippen LogP contribution in [0.4, 0.5) is 16.2 Å². The normalized spacial score (nSPS) is 14.5. The predicted octanol–water partition coefficient (Wildman–Crippen LogP) is 6.08. The van der Waals surface area contributed by atoms with Crippen LogP contribution in [-0.4, -0.2) is 36.2 Å². The second-order valence-corrected chi connectivity index (χ2v) is 8.84. The van der Waals surface area contributed by atoms with Gasteiger partial charge in [-0.15, -0.1) is 0 Å². The Morgan fingerprint density at radius 1 is 0.971 bits per heavy atom. The van der Waals surface area contributed by atoms with Crippen LogP contribution in [0.1, 0.15) is 29.8 Å². The minimum atomic E-state index is -0.253. The molecule has 1 atom stereocenters. The van der Waals surface area contributed by atoms with Gasteiger partial charge in [-0.1, -0.05) is 30.3 Å². The number of nitrogens with zero attached hydrogens (tertiary/aromatic N) is 3. The molecule has 0 aliphatic carbocycles. The number of urea groups is 1. The number of benzene rings is 3. The van der Waals surface area contributed by atoms with Crippen LogP contribution in [0, 0.1) is 0 Å². The number of para-hydroxylation sites is 1. The van der Waals surface area contributed by atoms with Crippen LogP contribution in [0.15, 0.2) is 91.1 Å². The first-order valence-corrected chi connectivity index (χ1v) is 11.9. The summed E-state index contributed by atoms with van der Waals surface area (Å²) in [5, 5.41) is 3.11. The number of carbonyl (C=O) groups is 1. The van der Waals surface area contributed by atoms with Gasteiger partial charge in [0.25, 0.3) is 0 Å². The first-order chi connectivity index (χ1) is 17.0. The molecule has 1 aliphatic heterocycles. The second-order valence-electron chi connectivity index (χ2n) is 8.84. The molecule has 0 saturated heterocycles. The van der Waals surface area contributed by atoms with Gasteiger partial charge < -0.3 is 24.4 Å².